The molecule has 104 valence electrons. The third-order valence-corrected chi connectivity index (χ3v) is 2.21. The van der Waals surface area contributed by atoms with Crippen molar-refractivity contribution in [2.45, 2.75) is 32.5 Å². The third kappa shape index (κ3) is 4.43. The first-order valence-electron chi connectivity index (χ1n) is 5.60. The molecule has 19 heavy (non-hydrogen) atoms. The van der Waals surface area contributed by atoms with Gasteiger partial charge in [0, 0.05) is 0 Å². The van der Waals surface area contributed by atoms with Gasteiger partial charge in [-0.3, -0.25) is 0 Å². The normalized spacial score (nSPS) is 12.1. The number of hydrogen-bond donors (Lipinski definition) is 0. The molecule has 1 aromatic carbocycles. The zero-order chi connectivity index (χ0) is 14.8. The van der Waals surface area contributed by atoms with E-state index in [1.165, 1.54) is 12.1 Å². The first-order valence-corrected chi connectivity index (χ1v) is 5.60. The van der Waals surface area contributed by atoms with E-state index >= 15 is 0 Å². The molecule has 0 aliphatic heterocycles. The summed E-state index contributed by atoms with van der Waals surface area (Å²) < 4.78 is 42.3. The van der Waals surface area contributed by atoms with Gasteiger partial charge < -0.3 is 4.74 Å². The van der Waals surface area contributed by atoms with E-state index in [0.717, 1.165) is 12.1 Å². The Morgan fingerprint density at radius 2 is 1.58 bits per heavy atom. The Morgan fingerprint density at radius 1 is 1.11 bits per heavy atom. The highest BCUT2D eigenvalue weighted by atomic mass is 19.4. The van der Waals surface area contributed by atoms with Crippen LogP contribution in [0.2, 0.25) is 0 Å². The van der Waals surface area contributed by atoms with E-state index in [2.05, 4.69) is 6.58 Å². The number of hydrogen-bond acceptors (Lipinski definition) is 2. The summed E-state index contributed by atoms with van der Waals surface area (Å²) in [5.74, 6) is -0.646. The maximum Gasteiger partial charge on any atom is 0.416 e. The minimum absolute atomic E-state index is 0.0312. The molecule has 0 atom stereocenters. The van der Waals surface area contributed by atoms with Gasteiger partial charge in [0.25, 0.3) is 0 Å². The predicted octanol–water partition coefficient (Wildman–Crippen LogP) is 4.06. The summed E-state index contributed by atoms with van der Waals surface area (Å²) in [5.41, 5.74) is -1.11. The maximum absolute atomic E-state index is 12.4. The number of esters is 1. The van der Waals surface area contributed by atoms with Crippen LogP contribution in [0.5, 0.6) is 0 Å². The van der Waals surface area contributed by atoms with Crippen molar-refractivity contribution in [3.05, 3.63) is 42.0 Å². The van der Waals surface area contributed by atoms with E-state index in [1.54, 1.807) is 20.8 Å². The number of halogens is 3. The monoisotopic (exact) mass is 272 g/mol. The van der Waals surface area contributed by atoms with Gasteiger partial charge in [-0.15, -0.1) is 0 Å². The van der Waals surface area contributed by atoms with Gasteiger partial charge in [0.1, 0.15) is 5.60 Å². The fourth-order valence-electron chi connectivity index (χ4n) is 1.32. The molecule has 1 aromatic rings. The molecule has 1 rings (SSSR count). The highest BCUT2D eigenvalue weighted by molar-refractivity contribution is 6.15. The fourth-order valence-corrected chi connectivity index (χ4v) is 1.32. The van der Waals surface area contributed by atoms with Gasteiger partial charge in [-0.2, -0.15) is 13.2 Å². The summed E-state index contributed by atoms with van der Waals surface area (Å²) in [7, 11) is 0. The maximum atomic E-state index is 12.4. The van der Waals surface area contributed by atoms with E-state index in [9.17, 15) is 18.0 Å². The quantitative estimate of drug-likeness (QED) is 0.599. The average Bonchev–Trinajstić information content (AvgIpc) is 2.24. The van der Waals surface area contributed by atoms with E-state index in [0.29, 0.717) is 5.56 Å². The van der Waals surface area contributed by atoms with Crippen molar-refractivity contribution in [1.29, 1.82) is 0 Å². The fraction of sp³-hybridized carbons (Fsp3) is 0.357. The van der Waals surface area contributed by atoms with Crippen LogP contribution in [0.3, 0.4) is 0 Å². The number of benzene rings is 1. The van der Waals surface area contributed by atoms with Gasteiger partial charge in [0.2, 0.25) is 0 Å². The largest absolute Gasteiger partial charge is 0.456 e. The molecule has 0 saturated heterocycles. The summed E-state index contributed by atoms with van der Waals surface area (Å²) in [6.07, 6.45) is -4.40. The molecule has 0 spiro atoms. The third-order valence-electron chi connectivity index (χ3n) is 2.21. The van der Waals surface area contributed by atoms with Crippen LogP contribution in [-0.4, -0.2) is 11.6 Å². The topological polar surface area (TPSA) is 26.3 Å². The van der Waals surface area contributed by atoms with Gasteiger partial charge >= 0.3 is 12.1 Å². The molecule has 0 saturated carbocycles. The van der Waals surface area contributed by atoms with Gasteiger partial charge in [-0.05, 0) is 38.5 Å². The van der Waals surface area contributed by atoms with Crippen molar-refractivity contribution in [3.8, 4) is 0 Å². The van der Waals surface area contributed by atoms with Crippen LogP contribution in [-0.2, 0) is 15.7 Å². The van der Waals surface area contributed by atoms with Crippen LogP contribution in [0.4, 0.5) is 13.2 Å². The SMILES string of the molecule is C=C(C(=O)OC(C)(C)C)c1ccc(C(F)(F)F)cc1. The summed E-state index contributed by atoms with van der Waals surface area (Å²) in [6.45, 7) is 8.64. The highest BCUT2D eigenvalue weighted by Crippen LogP contribution is 2.30. The van der Waals surface area contributed by atoms with E-state index in [-0.39, 0.29) is 5.57 Å². The average molecular weight is 272 g/mol. The predicted molar refractivity (Wildman–Crippen MR) is 66.3 cm³/mol. The zero-order valence-electron chi connectivity index (χ0n) is 11.0. The van der Waals surface area contributed by atoms with Crippen LogP contribution in [0.1, 0.15) is 31.9 Å². The van der Waals surface area contributed by atoms with Crippen molar-refractivity contribution >= 4 is 11.5 Å². The molecule has 0 unspecified atom stereocenters. The molecule has 0 radical (unpaired) electrons. The van der Waals surface area contributed by atoms with Gasteiger partial charge in [-0.25, -0.2) is 4.79 Å². The first-order chi connectivity index (χ1) is 8.50. The van der Waals surface area contributed by atoms with E-state index in [1.807, 2.05) is 0 Å². The molecule has 0 bridgehead atoms. The molecular weight excluding hydrogens is 257 g/mol. The summed E-state index contributed by atoms with van der Waals surface area (Å²) >= 11 is 0. The molecule has 0 aromatic heterocycles. The lowest BCUT2D eigenvalue weighted by Gasteiger charge is -2.20. The Balaban J connectivity index is 2.87. The van der Waals surface area contributed by atoms with Gasteiger partial charge in [0.15, 0.2) is 0 Å². The molecule has 0 amide bonds. The number of carbonyl (C=O) groups excluding carboxylic acids is 1. The molecular formula is C14H15F3O2. The van der Waals surface area contributed by atoms with Crippen LogP contribution >= 0.6 is 0 Å². The second-order valence-corrected chi connectivity index (χ2v) is 5.06. The van der Waals surface area contributed by atoms with Crippen molar-refractivity contribution < 1.29 is 22.7 Å². The summed E-state index contributed by atoms with van der Waals surface area (Å²) in [6, 6.07) is 4.22. The Hall–Kier alpha value is -1.78. The lowest BCUT2D eigenvalue weighted by atomic mass is 10.0. The summed E-state index contributed by atoms with van der Waals surface area (Å²) in [4.78, 5) is 11.7. The number of carbonyl (C=O) groups is 1. The standard InChI is InChI=1S/C14H15F3O2/c1-9(12(18)19-13(2,3)4)10-5-7-11(8-6-10)14(15,16)17/h5-8H,1H2,2-4H3. The minimum Gasteiger partial charge on any atom is -0.456 e. The minimum atomic E-state index is -4.40. The van der Waals surface area contributed by atoms with Crippen LogP contribution in [0.25, 0.3) is 5.57 Å². The summed E-state index contributed by atoms with van der Waals surface area (Å²) in [5, 5.41) is 0. The number of ether oxygens (including phenoxy) is 1. The van der Waals surface area contributed by atoms with Crippen molar-refractivity contribution in [1.82, 2.24) is 0 Å². The Morgan fingerprint density at radius 3 is 1.95 bits per heavy atom. The molecule has 0 N–H and O–H groups in total. The lowest BCUT2D eigenvalue weighted by Crippen LogP contribution is -2.24. The number of rotatable bonds is 2. The molecule has 0 fully saturated rings. The Bertz CT molecular complexity index is 479. The van der Waals surface area contributed by atoms with Gasteiger partial charge in [-0.1, -0.05) is 18.7 Å². The zero-order valence-corrected chi connectivity index (χ0v) is 11.0. The van der Waals surface area contributed by atoms with E-state index in [4.69, 9.17) is 4.74 Å². The van der Waals surface area contributed by atoms with Crippen LogP contribution in [0.15, 0.2) is 30.8 Å². The Labute approximate surface area is 109 Å². The van der Waals surface area contributed by atoms with Gasteiger partial charge in [0.05, 0.1) is 11.1 Å². The van der Waals surface area contributed by atoms with Crippen LogP contribution < -0.4 is 0 Å². The molecule has 0 aliphatic carbocycles. The second kappa shape index (κ2) is 5.07. The van der Waals surface area contributed by atoms with Crippen molar-refractivity contribution in [2.24, 2.45) is 0 Å². The molecule has 0 aliphatic rings. The van der Waals surface area contributed by atoms with E-state index < -0.39 is 23.3 Å². The molecule has 0 heterocycles. The highest BCUT2D eigenvalue weighted by Gasteiger charge is 2.30. The second-order valence-electron chi connectivity index (χ2n) is 5.06. The Kier molecular flexibility index (Phi) is 4.08. The molecule has 2 nitrogen and oxygen atoms in total. The number of alkyl halides is 3. The lowest BCUT2D eigenvalue weighted by molar-refractivity contribution is -0.147. The smallest absolute Gasteiger partial charge is 0.416 e. The van der Waals surface area contributed by atoms with Crippen molar-refractivity contribution in [3.63, 3.8) is 0 Å². The first kappa shape index (κ1) is 15.3. The molecule has 5 heteroatoms. The van der Waals surface area contributed by atoms with Crippen LogP contribution in [0, 0.1) is 0 Å². The van der Waals surface area contributed by atoms with Crippen molar-refractivity contribution in [2.75, 3.05) is 0 Å².